The van der Waals surface area contributed by atoms with E-state index in [0.29, 0.717) is 0 Å². The number of aryl methyl sites for hydroxylation is 1. The van der Waals surface area contributed by atoms with Gasteiger partial charge in [0.05, 0.1) is 6.04 Å². The molecule has 104 valence electrons. The van der Waals surface area contributed by atoms with Gasteiger partial charge >= 0.3 is 0 Å². The molecule has 3 rings (SSSR count). The summed E-state index contributed by atoms with van der Waals surface area (Å²) in [5.74, 6) is 1.01. The fourth-order valence-corrected chi connectivity index (χ4v) is 2.97. The Morgan fingerprint density at radius 3 is 2.85 bits per heavy atom. The normalized spacial score (nSPS) is 18.4. The van der Waals surface area contributed by atoms with Gasteiger partial charge in [0.25, 0.3) is 0 Å². The lowest BCUT2D eigenvalue weighted by atomic mass is 9.92. The van der Waals surface area contributed by atoms with E-state index in [4.69, 9.17) is 10.5 Å². The van der Waals surface area contributed by atoms with Crippen molar-refractivity contribution < 1.29 is 4.74 Å². The van der Waals surface area contributed by atoms with E-state index in [9.17, 15) is 0 Å². The minimum atomic E-state index is -0.0626. The highest BCUT2D eigenvalue weighted by Crippen LogP contribution is 2.32. The zero-order valence-corrected chi connectivity index (χ0v) is 12.1. The number of benzene rings is 2. The van der Waals surface area contributed by atoms with Crippen LogP contribution >= 0.6 is 0 Å². The number of ether oxygens (including phenoxy) is 1. The van der Waals surface area contributed by atoms with Gasteiger partial charge in [0.1, 0.15) is 11.9 Å². The second-order valence-electron chi connectivity index (χ2n) is 5.53. The summed E-state index contributed by atoms with van der Waals surface area (Å²) >= 11 is 0. The van der Waals surface area contributed by atoms with Crippen molar-refractivity contribution in [3.05, 3.63) is 64.7 Å². The van der Waals surface area contributed by atoms with Gasteiger partial charge < -0.3 is 10.5 Å². The van der Waals surface area contributed by atoms with Crippen molar-refractivity contribution in [2.24, 2.45) is 5.73 Å². The molecular formula is C18H21NO. The molecule has 0 spiro atoms. The van der Waals surface area contributed by atoms with Crippen LogP contribution in [0.1, 0.15) is 42.1 Å². The standard InChI is InChI=1S/C18H21NO/c1-3-13-6-4-5-7-16(13)18(19)14-8-9-17-15(11-14)10-12(2)20-17/h4-9,11-12,18H,3,10,19H2,1-2H3. The monoisotopic (exact) mass is 267 g/mol. The Bertz CT molecular complexity index is 621. The number of hydrogen-bond donors (Lipinski definition) is 1. The molecule has 1 aliphatic heterocycles. The highest BCUT2D eigenvalue weighted by molar-refractivity contribution is 5.45. The molecule has 2 nitrogen and oxygen atoms in total. The van der Waals surface area contributed by atoms with Gasteiger partial charge in [-0.2, -0.15) is 0 Å². The summed E-state index contributed by atoms with van der Waals surface area (Å²) in [6, 6.07) is 14.7. The molecule has 0 aliphatic carbocycles. The van der Waals surface area contributed by atoms with Crippen LogP contribution in [0.3, 0.4) is 0 Å². The Hall–Kier alpha value is -1.80. The van der Waals surface area contributed by atoms with Gasteiger partial charge in [-0.05, 0) is 41.7 Å². The third kappa shape index (κ3) is 2.32. The molecule has 0 radical (unpaired) electrons. The van der Waals surface area contributed by atoms with Crippen molar-refractivity contribution in [2.75, 3.05) is 0 Å². The third-order valence-corrected chi connectivity index (χ3v) is 4.05. The van der Waals surface area contributed by atoms with Crippen molar-refractivity contribution in [2.45, 2.75) is 38.8 Å². The molecule has 2 aromatic carbocycles. The van der Waals surface area contributed by atoms with E-state index in [1.54, 1.807) is 0 Å². The molecule has 2 unspecified atom stereocenters. The number of fused-ring (bicyclic) bond motifs is 1. The van der Waals surface area contributed by atoms with Crippen molar-refractivity contribution in [1.29, 1.82) is 0 Å². The van der Waals surface area contributed by atoms with Crippen molar-refractivity contribution in [3.63, 3.8) is 0 Å². The lowest BCUT2D eigenvalue weighted by Gasteiger charge is -2.17. The second kappa shape index (κ2) is 5.29. The topological polar surface area (TPSA) is 35.2 Å². The maximum absolute atomic E-state index is 6.48. The van der Waals surface area contributed by atoms with Crippen molar-refractivity contribution in [1.82, 2.24) is 0 Å². The summed E-state index contributed by atoms with van der Waals surface area (Å²) in [5.41, 5.74) is 11.5. The Kier molecular flexibility index (Phi) is 3.49. The Morgan fingerprint density at radius 1 is 1.25 bits per heavy atom. The average Bonchev–Trinajstić information content (AvgIpc) is 2.85. The first-order valence-electron chi connectivity index (χ1n) is 7.32. The summed E-state index contributed by atoms with van der Waals surface area (Å²) in [6.07, 6.45) is 2.26. The quantitative estimate of drug-likeness (QED) is 0.921. The van der Waals surface area contributed by atoms with Gasteiger partial charge in [0.2, 0.25) is 0 Å². The average molecular weight is 267 g/mol. The smallest absolute Gasteiger partial charge is 0.123 e. The molecule has 0 fully saturated rings. The van der Waals surface area contributed by atoms with E-state index in [-0.39, 0.29) is 12.1 Å². The first kappa shape index (κ1) is 13.2. The molecule has 0 saturated carbocycles. The summed E-state index contributed by atoms with van der Waals surface area (Å²) in [5, 5.41) is 0. The van der Waals surface area contributed by atoms with Crippen LogP contribution in [0.4, 0.5) is 0 Å². The van der Waals surface area contributed by atoms with Crippen LogP contribution < -0.4 is 10.5 Å². The molecule has 0 amide bonds. The minimum absolute atomic E-state index is 0.0626. The predicted octanol–water partition coefficient (Wildman–Crippen LogP) is 3.62. The molecule has 2 heteroatoms. The van der Waals surface area contributed by atoms with Gasteiger partial charge in [-0.25, -0.2) is 0 Å². The van der Waals surface area contributed by atoms with Gasteiger partial charge in [-0.3, -0.25) is 0 Å². The Balaban J connectivity index is 1.95. The first-order valence-corrected chi connectivity index (χ1v) is 7.32. The van der Waals surface area contributed by atoms with Crippen LogP contribution in [0.25, 0.3) is 0 Å². The third-order valence-electron chi connectivity index (χ3n) is 4.05. The fourth-order valence-electron chi connectivity index (χ4n) is 2.97. The van der Waals surface area contributed by atoms with Gasteiger partial charge in [0, 0.05) is 6.42 Å². The molecular weight excluding hydrogens is 246 g/mol. The summed E-state index contributed by atoms with van der Waals surface area (Å²) < 4.78 is 5.75. The molecule has 2 aromatic rings. The number of rotatable bonds is 3. The van der Waals surface area contributed by atoms with Crippen LogP contribution in [0, 0.1) is 0 Å². The van der Waals surface area contributed by atoms with Crippen LogP contribution in [0.2, 0.25) is 0 Å². The molecule has 2 atom stereocenters. The summed E-state index contributed by atoms with van der Waals surface area (Å²) in [7, 11) is 0. The molecule has 2 N–H and O–H groups in total. The van der Waals surface area contributed by atoms with Crippen molar-refractivity contribution in [3.8, 4) is 5.75 Å². The lowest BCUT2D eigenvalue weighted by molar-refractivity contribution is 0.254. The molecule has 1 heterocycles. The van der Waals surface area contributed by atoms with E-state index in [0.717, 1.165) is 18.6 Å². The van der Waals surface area contributed by atoms with E-state index in [2.05, 4.69) is 56.3 Å². The molecule has 1 aliphatic rings. The zero-order valence-electron chi connectivity index (χ0n) is 12.1. The van der Waals surface area contributed by atoms with E-state index in [1.165, 1.54) is 22.3 Å². The fraction of sp³-hybridized carbons (Fsp3) is 0.333. The zero-order chi connectivity index (χ0) is 14.1. The Morgan fingerprint density at radius 2 is 2.05 bits per heavy atom. The maximum atomic E-state index is 6.48. The van der Waals surface area contributed by atoms with E-state index < -0.39 is 0 Å². The van der Waals surface area contributed by atoms with Crippen molar-refractivity contribution >= 4 is 0 Å². The van der Waals surface area contributed by atoms with E-state index >= 15 is 0 Å². The summed E-state index contributed by atoms with van der Waals surface area (Å²) in [4.78, 5) is 0. The predicted molar refractivity (Wildman–Crippen MR) is 82.1 cm³/mol. The second-order valence-corrected chi connectivity index (χ2v) is 5.53. The highest BCUT2D eigenvalue weighted by atomic mass is 16.5. The van der Waals surface area contributed by atoms with Gasteiger partial charge in [-0.15, -0.1) is 0 Å². The SMILES string of the molecule is CCc1ccccc1C(N)c1ccc2c(c1)CC(C)O2. The molecule has 0 bridgehead atoms. The lowest BCUT2D eigenvalue weighted by Crippen LogP contribution is -2.14. The molecule has 20 heavy (non-hydrogen) atoms. The Labute approximate surface area is 120 Å². The highest BCUT2D eigenvalue weighted by Gasteiger charge is 2.21. The van der Waals surface area contributed by atoms with Gasteiger partial charge in [0.15, 0.2) is 0 Å². The van der Waals surface area contributed by atoms with Crippen LogP contribution in [0.5, 0.6) is 5.75 Å². The summed E-state index contributed by atoms with van der Waals surface area (Å²) in [6.45, 7) is 4.27. The van der Waals surface area contributed by atoms with Crippen LogP contribution in [-0.4, -0.2) is 6.10 Å². The van der Waals surface area contributed by atoms with Crippen LogP contribution in [-0.2, 0) is 12.8 Å². The first-order chi connectivity index (χ1) is 9.69. The molecule has 0 saturated heterocycles. The van der Waals surface area contributed by atoms with Gasteiger partial charge in [-0.1, -0.05) is 43.3 Å². The molecule has 0 aromatic heterocycles. The maximum Gasteiger partial charge on any atom is 0.123 e. The van der Waals surface area contributed by atoms with Crippen LogP contribution in [0.15, 0.2) is 42.5 Å². The number of nitrogens with two attached hydrogens (primary N) is 1. The number of hydrogen-bond acceptors (Lipinski definition) is 2. The minimum Gasteiger partial charge on any atom is -0.490 e. The van der Waals surface area contributed by atoms with E-state index in [1.807, 2.05) is 0 Å². The largest absolute Gasteiger partial charge is 0.490 e.